The van der Waals surface area contributed by atoms with Gasteiger partial charge in [0.05, 0.1) is 0 Å². The van der Waals surface area contributed by atoms with Gasteiger partial charge in [-0.2, -0.15) is 0 Å². The van der Waals surface area contributed by atoms with E-state index in [4.69, 9.17) is 11.6 Å². The van der Waals surface area contributed by atoms with Gasteiger partial charge >= 0.3 is 0 Å². The molecule has 3 rings (SSSR count). The summed E-state index contributed by atoms with van der Waals surface area (Å²) >= 11 is 5.91. The van der Waals surface area contributed by atoms with Gasteiger partial charge in [-0.15, -0.1) is 11.6 Å². The van der Waals surface area contributed by atoms with Crippen molar-refractivity contribution in [3.8, 4) is 0 Å². The molecule has 0 amide bonds. The van der Waals surface area contributed by atoms with Crippen molar-refractivity contribution in [1.29, 1.82) is 0 Å². The molecule has 104 valence electrons. The summed E-state index contributed by atoms with van der Waals surface area (Å²) in [7, 11) is 0. The lowest BCUT2D eigenvalue weighted by Crippen LogP contribution is -2.39. The van der Waals surface area contributed by atoms with E-state index in [-0.39, 0.29) is 0 Å². The molecule has 0 unspecified atom stereocenters. The highest BCUT2D eigenvalue weighted by Gasteiger charge is 2.37. The van der Waals surface area contributed by atoms with Crippen LogP contribution >= 0.6 is 11.6 Å². The van der Waals surface area contributed by atoms with E-state index in [1.54, 1.807) is 0 Å². The van der Waals surface area contributed by atoms with Gasteiger partial charge in [0.25, 0.3) is 0 Å². The average Bonchev–Trinajstić information content (AvgIpc) is 2.88. The van der Waals surface area contributed by atoms with Crippen LogP contribution in [0.5, 0.6) is 0 Å². The summed E-state index contributed by atoms with van der Waals surface area (Å²) in [4.78, 5) is 2.58. The minimum absolute atomic E-state index is 0.615. The van der Waals surface area contributed by atoms with Gasteiger partial charge in [0.15, 0.2) is 0 Å². The molecule has 0 N–H and O–H groups in total. The lowest BCUT2D eigenvalue weighted by molar-refractivity contribution is 0.226. The molecule has 0 bridgehead atoms. The van der Waals surface area contributed by atoms with Crippen molar-refractivity contribution >= 4 is 17.3 Å². The Morgan fingerprint density at radius 2 is 1.79 bits per heavy atom. The summed E-state index contributed by atoms with van der Waals surface area (Å²) in [5.41, 5.74) is 4.73. The van der Waals surface area contributed by atoms with Gasteiger partial charge in [0.2, 0.25) is 0 Å². The number of halogens is 1. The largest absolute Gasteiger partial charge is 0.371 e. The fourth-order valence-electron chi connectivity index (χ4n) is 4.00. The van der Waals surface area contributed by atoms with E-state index in [0.717, 1.165) is 0 Å². The molecular formula is C17H24ClN. The van der Waals surface area contributed by atoms with Crippen molar-refractivity contribution in [1.82, 2.24) is 0 Å². The van der Waals surface area contributed by atoms with Crippen LogP contribution in [0.2, 0.25) is 0 Å². The fraction of sp³-hybridized carbons (Fsp3) is 0.647. The summed E-state index contributed by atoms with van der Waals surface area (Å²) in [5.74, 6) is 0.615. The molecule has 1 saturated carbocycles. The number of aryl methyl sites for hydroxylation is 1. The molecule has 0 atom stereocenters. The van der Waals surface area contributed by atoms with Crippen molar-refractivity contribution < 1.29 is 0 Å². The Labute approximate surface area is 121 Å². The van der Waals surface area contributed by atoms with E-state index in [1.165, 1.54) is 68.4 Å². The van der Waals surface area contributed by atoms with Crippen LogP contribution in [0.25, 0.3) is 0 Å². The normalized spacial score (nSPS) is 22.1. The Balaban J connectivity index is 1.71. The molecule has 1 aromatic carbocycles. The fourth-order valence-corrected chi connectivity index (χ4v) is 4.17. The Morgan fingerprint density at radius 1 is 1.11 bits per heavy atom. The van der Waals surface area contributed by atoms with E-state index in [1.807, 2.05) is 0 Å². The van der Waals surface area contributed by atoms with Crippen LogP contribution in [0.15, 0.2) is 18.2 Å². The number of benzene rings is 1. The maximum absolute atomic E-state index is 5.91. The third kappa shape index (κ3) is 2.63. The maximum atomic E-state index is 5.91. The molecule has 2 heteroatoms. The molecular weight excluding hydrogens is 254 g/mol. The minimum atomic E-state index is 0.615. The van der Waals surface area contributed by atoms with Gasteiger partial charge in [0.1, 0.15) is 0 Å². The van der Waals surface area contributed by atoms with Crippen LogP contribution in [-0.2, 0) is 5.88 Å². The van der Waals surface area contributed by atoms with E-state index in [2.05, 4.69) is 30.0 Å². The van der Waals surface area contributed by atoms with Gasteiger partial charge in [-0.25, -0.2) is 0 Å². The van der Waals surface area contributed by atoms with E-state index in [9.17, 15) is 0 Å². The summed E-state index contributed by atoms with van der Waals surface area (Å²) < 4.78 is 0. The average molecular weight is 278 g/mol. The highest BCUT2D eigenvalue weighted by atomic mass is 35.5. The van der Waals surface area contributed by atoms with Crippen LogP contribution < -0.4 is 4.90 Å². The smallest absolute Gasteiger partial charge is 0.0474 e. The molecule has 1 aromatic rings. The molecule has 0 radical (unpaired) electrons. The molecule has 2 fully saturated rings. The number of anilines is 1. The Hall–Kier alpha value is -0.690. The van der Waals surface area contributed by atoms with Gasteiger partial charge in [-0.1, -0.05) is 25.0 Å². The zero-order valence-corrected chi connectivity index (χ0v) is 12.7. The quantitative estimate of drug-likeness (QED) is 0.696. The Morgan fingerprint density at radius 3 is 2.37 bits per heavy atom. The third-order valence-electron chi connectivity index (χ3n) is 5.24. The summed E-state index contributed by atoms with van der Waals surface area (Å²) in [6.45, 7) is 4.69. The molecule has 2 aliphatic rings. The van der Waals surface area contributed by atoms with E-state index < -0.39 is 0 Å². The van der Waals surface area contributed by atoms with Gasteiger partial charge in [-0.3, -0.25) is 0 Å². The molecule has 19 heavy (non-hydrogen) atoms. The summed E-state index contributed by atoms with van der Waals surface area (Å²) in [6.07, 6.45) is 8.66. The molecule has 1 aliphatic carbocycles. The van der Waals surface area contributed by atoms with E-state index in [0.29, 0.717) is 11.3 Å². The van der Waals surface area contributed by atoms with Crippen LogP contribution in [0, 0.1) is 12.3 Å². The predicted molar refractivity (Wildman–Crippen MR) is 83.1 cm³/mol. The molecule has 1 aliphatic heterocycles. The lowest BCUT2D eigenvalue weighted by Gasteiger charge is -2.41. The second-order valence-corrected chi connectivity index (χ2v) is 6.72. The number of nitrogens with zero attached hydrogens (tertiary/aromatic N) is 1. The Bertz CT molecular complexity index is 439. The van der Waals surface area contributed by atoms with Crippen LogP contribution in [0.3, 0.4) is 0 Å². The van der Waals surface area contributed by atoms with E-state index >= 15 is 0 Å². The van der Waals surface area contributed by atoms with Crippen LogP contribution in [0.1, 0.15) is 49.7 Å². The number of alkyl halides is 1. The van der Waals surface area contributed by atoms with Crippen molar-refractivity contribution in [3.05, 3.63) is 29.3 Å². The monoisotopic (exact) mass is 277 g/mol. The highest BCUT2D eigenvalue weighted by molar-refractivity contribution is 6.17. The maximum Gasteiger partial charge on any atom is 0.0474 e. The molecule has 0 aromatic heterocycles. The number of hydrogen-bond acceptors (Lipinski definition) is 1. The zero-order valence-electron chi connectivity index (χ0n) is 11.9. The van der Waals surface area contributed by atoms with Crippen LogP contribution in [0.4, 0.5) is 5.69 Å². The molecule has 1 heterocycles. The molecule has 1 spiro atoms. The first kappa shape index (κ1) is 13.3. The van der Waals surface area contributed by atoms with Crippen molar-refractivity contribution in [2.45, 2.75) is 51.3 Å². The first-order valence-corrected chi connectivity index (χ1v) is 8.16. The van der Waals surface area contributed by atoms with Crippen molar-refractivity contribution in [3.63, 3.8) is 0 Å². The summed E-state index contributed by atoms with van der Waals surface area (Å²) in [6, 6.07) is 6.68. The minimum Gasteiger partial charge on any atom is -0.371 e. The SMILES string of the molecule is Cc1cc(CCl)ccc1N1CCC2(CCCC2)CC1. The molecule has 1 nitrogen and oxygen atoms in total. The second-order valence-electron chi connectivity index (χ2n) is 6.45. The topological polar surface area (TPSA) is 3.24 Å². The zero-order chi connectivity index (χ0) is 13.3. The lowest BCUT2D eigenvalue weighted by atomic mass is 9.77. The number of hydrogen-bond donors (Lipinski definition) is 0. The van der Waals surface area contributed by atoms with Crippen molar-refractivity contribution in [2.75, 3.05) is 18.0 Å². The highest BCUT2D eigenvalue weighted by Crippen LogP contribution is 2.46. The first-order valence-electron chi connectivity index (χ1n) is 7.63. The number of rotatable bonds is 2. The second kappa shape index (κ2) is 5.36. The van der Waals surface area contributed by atoms with Crippen molar-refractivity contribution in [2.24, 2.45) is 5.41 Å². The first-order chi connectivity index (χ1) is 9.22. The van der Waals surface area contributed by atoms with Crippen LogP contribution in [-0.4, -0.2) is 13.1 Å². The number of piperidine rings is 1. The summed E-state index contributed by atoms with van der Waals surface area (Å²) in [5, 5.41) is 0. The Kier molecular flexibility index (Phi) is 3.75. The third-order valence-corrected chi connectivity index (χ3v) is 5.55. The van der Waals surface area contributed by atoms with Gasteiger partial charge < -0.3 is 4.90 Å². The standard InChI is InChI=1S/C17H24ClN/c1-14-12-15(13-18)4-5-16(14)19-10-8-17(9-11-19)6-2-3-7-17/h4-5,12H,2-3,6-11,13H2,1H3. The molecule has 1 saturated heterocycles. The van der Waals surface area contributed by atoms with Gasteiger partial charge in [0, 0.05) is 24.7 Å². The predicted octanol–water partition coefficient (Wildman–Crippen LogP) is 4.89. The van der Waals surface area contributed by atoms with Gasteiger partial charge in [-0.05, 0) is 55.2 Å².